The van der Waals surface area contributed by atoms with Gasteiger partial charge in [0.1, 0.15) is 0 Å². The summed E-state index contributed by atoms with van der Waals surface area (Å²) in [6.45, 7) is 0. The highest BCUT2D eigenvalue weighted by Gasteiger charge is 2.15. The van der Waals surface area contributed by atoms with Gasteiger partial charge in [-0.25, -0.2) is 0 Å². The SMILES string of the molecule is Clc1ccsc1C(Cl)c1cccc(Br)c1. The van der Waals surface area contributed by atoms with Gasteiger partial charge in [-0.05, 0) is 29.1 Å². The predicted molar refractivity (Wildman–Crippen MR) is 71.2 cm³/mol. The molecule has 0 amide bonds. The minimum Gasteiger partial charge on any atom is -0.145 e. The molecule has 0 fully saturated rings. The molecule has 2 rings (SSSR count). The molecule has 4 heteroatoms. The third-order valence-corrected chi connectivity index (χ3v) is 4.53. The van der Waals surface area contributed by atoms with Crippen LogP contribution in [0.25, 0.3) is 0 Å². The lowest BCUT2D eigenvalue weighted by molar-refractivity contribution is 1.18. The summed E-state index contributed by atoms with van der Waals surface area (Å²) in [6.07, 6.45) is 0. The molecular formula is C11H7BrCl2S. The van der Waals surface area contributed by atoms with Crippen LogP contribution < -0.4 is 0 Å². The van der Waals surface area contributed by atoms with Gasteiger partial charge < -0.3 is 0 Å². The normalized spacial score (nSPS) is 12.7. The molecule has 15 heavy (non-hydrogen) atoms. The molecule has 1 aromatic heterocycles. The number of thiophene rings is 1. The van der Waals surface area contributed by atoms with Gasteiger partial charge in [0.25, 0.3) is 0 Å². The van der Waals surface area contributed by atoms with Crippen molar-refractivity contribution in [2.24, 2.45) is 0 Å². The summed E-state index contributed by atoms with van der Waals surface area (Å²) in [6, 6.07) is 9.82. The van der Waals surface area contributed by atoms with Crippen molar-refractivity contribution in [3.05, 3.63) is 55.6 Å². The molecule has 0 aliphatic carbocycles. The number of hydrogen-bond acceptors (Lipinski definition) is 1. The molecule has 0 spiro atoms. The Morgan fingerprint density at radius 1 is 1.27 bits per heavy atom. The van der Waals surface area contributed by atoms with Crippen LogP contribution in [0.15, 0.2) is 40.2 Å². The van der Waals surface area contributed by atoms with Gasteiger partial charge in [-0.2, -0.15) is 0 Å². The first-order valence-corrected chi connectivity index (χ1v) is 6.79. The minimum atomic E-state index is -0.171. The number of halogens is 3. The molecule has 0 saturated heterocycles. The van der Waals surface area contributed by atoms with E-state index in [0.29, 0.717) is 0 Å². The lowest BCUT2D eigenvalue weighted by atomic mass is 10.1. The van der Waals surface area contributed by atoms with Crippen LogP contribution in [0, 0.1) is 0 Å². The highest BCUT2D eigenvalue weighted by atomic mass is 79.9. The van der Waals surface area contributed by atoms with Gasteiger partial charge in [-0.15, -0.1) is 22.9 Å². The lowest BCUT2D eigenvalue weighted by Gasteiger charge is -2.08. The fourth-order valence-corrected chi connectivity index (χ4v) is 3.35. The number of rotatable bonds is 2. The monoisotopic (exact) mass is 320 g/mol. The Morgan fingerprint density at radius 2 is 2.07 bits per heavy atom. The average Bonchev–Trinajstić information content (AvgIpc) is 2.63. The zero-order valence-electron chi connectivity index (χ0n) is 7.58. The minimum absolute atomic E-state index is 0.171. The smallest absolute Gasteiger partial charge is 0.0943 e. The summed E-state index contributed by atoms with van der Waals surface area (Å²) in [5.74, 6) is 0. The molecular weight excluding hydrogens is 315 g/mol. The first-order valence-electron chi connectivity index (χ1n) is 4.31. The van der Waals surface area contributed by atoms with Crippen molar-refractivity contribution in [3.8, 4) is 0 Å². The molecule has 0 aliphatic heterocycles. The third-order valence-electron chi connectivity index (χ3n) is 2.02. The fraction of sp³-hybridized carbons (Fsp3) is 0.0909. The predicted octanol–water partition coefficient (Wildman–Crippen LogP) is 5.49. The van der Waals surface area contributed by atoms with Crippen LogP contribution in [0.4, 0.5) is 0 Å². The van der Waals surface area contributed by atoms with E-state index in [1.807, 2.05) is 35.7 Å². The Morgan fingerprint density at radius 3 is 2.67 bits per heavy atom. The Hall–Kier alpha value is -0.0200. The maximum atomic E-state index is 6.36. The molecule has 1 atom stereocenters. The molecule has 1 unspecified atom stereocenters. The van der Waals surface area contributed by atoms with E-state index in [-0.39, 0.29) is 5.38 Å². The molecule has 0 aliphatic rings. The van der Waals surface area contributed by atoms with Gasteiger partial charge in [-0.3, -0.25) is 0 Å². The Kier molecular flexibility index (Phi) is 3.73. The van der Waals surface area contributed by atoms with Crippen LogP contribution in [-0.2, 0) is 0 Å². The van der Waals surface area contributed by atoms with Crippen molar-refractivity contribution in [1.82, 2.24) is 0 Å². The van der Waals surface area contributed by atoms with Crippen LogP contribution in [0.3, 0.4) is 0 Å². The maximum absolute atomic E-state index is 6.36. The number of alkyl halides is 1. The lowest BCUT2D eigenvalue weighted by Crippen LogP contribution is -1.90. The van der Waals surface area contributed by atoms with Gasteiger partial charge in [0.05, 0.1) is 10.4 Å². The summed E-state index contributed by atoms with van der Waals surface area (Å²) >= 11 is 17.4. The molecule has 2 aromatic rings. The van der Waals surface area contributed by atoms with Crippen LogP contribution in [-0.4, -0.2) is 0 Å². The zero-order valence-corrected chi connectivity index (χ0v) is 11.5. The standard InChI is InChI=1S/C11H7BrCl2S/c12-8-3-1-2-7(6-8)10(14)11-9(13)4-5-15-11/h1-6,10H. The van der Waals surface area contributed by atoms with Crippen molar-refractivity contribution in [2.45, 2.75) is 5.38 Å². The van der Waals surface area contributed by atoms with Gasteiger partial charge in [0.2, 0.25) is 0 Å². The van der Waals surface area contributed by atoms with Crippen molar-refractivity contribution in [1.29, 1.82) is 0 Å². The van der Waals surface area contributed by atoms with Crippen molar-refractivity contribution in [3.63, 3.8) is 0 Å². The summed E-state index contributed by atoms with van der Waals surface area (Å²) in [4.78, 5) is 0.997. The maximum Gasteiger partial charge on any atom is 0.0943 e. The van der Waals surface area contributed by atoms with E-state index in [2.05, 4.69) is 15.9 Å². The van der Waals surface area contributed by atoms with Gasteiger partial charge in [0.15, 0.2) is 0 Å². The van der Waals surface area contributed by atoms with Gasteiger partial charge in [-0.1, -0.05) is 39.7 Å². The molecule has 0 saturated carbocycles. The highest BCUT2D eigenvalue weighted by molar-refractivity contribution is 9.10. The van der Waals surface area contributed by atoms with E-state index in [4.69, 9.17) is 23.2 Å². The Bertz CT molecular complexity index is 467. The van der Waals surface area contributed by atoms with Crippen LogP contribution in [0.5, 0.6) is 0 Å². The molecule has 0 radical (unpaired) electrons. The topological polar surface area (TPSA) is 0 Å². The van der Waals surface area contributed by atoms with Crippen molar-refractivity contribution < 1.29 is 0 Å². The second kappa shape index (κ2) is 4.88. The number of benzene rings is 1. The summed E-state index contributed by atoms with van der Waals surface area (Å²) < 4.78 is 1.03. The molecule has 0 N–H and O–H groups in total. The van der Waals surface area contributed by atoms with Gasteiger partial charge in [0, 0.05) is 9.35 Å². The third kappa shape index (κ3) is 2.56. The first kappa shape index (κ1) is 11.5. The Labute approximate surface area is 111 Å². The Balaban J connectivity index is 2.36. The van der Waals surface area contributed by atoms with E-state index in [9.17, 15) is 0 Å². The molecule has 0 bridgehead atoms. The van der Waals surface area contributed by atoms with Crippen LogP contribution in [0.2, 0.25) is 5.02 Å². The zero-order chi connectivity index (χ0) is 10.8. The van der Waals surface area contributed by atoms with Crippen molar-refractivity contribution in [2.75, 3.05) is 0 Å². The van der Waals surface area contributed by atoms with E-state index in [0.717, 1.165) is 19.9 Å². The second-order valence-electron chi connectivity index (χ2n) is 3.05. The van der Waals surface area contributed by atoms with E-state index >= 15 is 0 Å². The van der Waals surface area contributed by atoms with Crippen molar-refractivity contribution >= 4 is 50.5 Å². The highest BCUT2D eigenvalue weighted by Crippen LogP contribution is 2.37. The van der Waals surface area contributed by atoms with Gasteiger partial charge >= 0.3 is 0 Å². The quantitative estimate of drug-likeness (QED) is 0.641. The number of hydrogen-bond donors (Lipinski definition) is 0. The molecule has 78 valence electrons. The van der Waals surface area contributed by atoms with E-state index in [1.54, 1.807) is 11.3 Å². The second-order valence-corrected chi connectivity index (χ2v) is 5.76. The molecule has 1 heterocycles. The average molecular weight is 322 g/mol. The van der Waals surface area contributed by atoms with Crippen LogP contribution >= 0.6 is 50.5 Å². The molecule has 1 aromatic carbocycles. The fourth-order valence-electron chi connectivity index (χ4n) is 1.30. The first-order chi connectivity index (χ1) is 7.18. The van der Waals surface area contributed by atoms with E-state index < -0.39 is 0 Å². The summed E-state index contributed by atoms with van der Waals surface area (Å²) in [5.41, 5.74) is 1.05. The van der Waals surface area contributed by atoms with E-state index in [1.165, 1.54) is 0 Å². The molecule has 0 nitrogen and oxygen atoms in total. The summed E-state index contributed by atoms with van der Waals surface area (Å²) in [7, 11) is 0. The summed E-state index contributed by atoms with van der Waals surface area (Å²) in [5, 5.41) is 2.51. The largest absolute Gasteiger partial charge is 0.145 e. The van der Waals surface area contributed by atoms with Crippen LogP contribution in [0.1, 0.15) is 15.8 Å².